The molecular weight excluding hydrogens is 489 g/mol. The first-order valence-corrected chi connectivity index (χ1v) is 14.1. The van der Waals surface area contributed by atoms with Crippen LogP contribution in [0.5, 0.6) is 0 Å². The largest absolute Gasteiger partial charge is 0.386 e. The minimum atomic E-state index is -0.733. The van der Waals surface area contributed by atoms with Gasteiger partial charge in [0.2, 0.25) is 0 Å². The van der Waals surface area contributed by atoms with Gasteiger partial charge >= 0.3 is 0 Å². The van der Waals surface area contributed by atoms with Gasteiger partial charge in [-0.15, -0.1) is 0 Å². The summed E-state index contributed by atoms with van der Waals surface area (Å²) in [7, 11) is 0. The van der Waals surface area contributed by atoms with E-state index in [9.17, 15) is 5.11 Å². The normalized spacial score (nSPS) is 15.1. The van der Waals surface area contributed by atoms with Crippen LogP contribution < -0.4 is 0 Å². The molecule has 1 aliphatic rings. The summed E-state index contributed by atoms with van der Waals surface area (Å²) in [5.41, 5.74) is 4.51. The van der Waals surface area contributed by atoms with Gasteiger partial charge in [-0.2, -0.15) is 0 Å². The fourth-order valence-corrected chi connectivity index (χ4v) is 8.71. The molecule has 1 N–H and O–H groups in total. The Bertz CT molecular complexity index is 1660. The Morgan fingerprint density at radius 2 is 0.946 bits per heavy atom. The Kier molecular flexibility index (Phi) is 5.58. The molecule has 0 amide bonds. The van der Waals surface area contributed by atoms with Crippen molar-refractivity contribution in [2.45, 2.75) is 20.0 Å². The summed E-state index contributed by atoms with van der Waals surface area (Å²) in [5.74, 6) is 0. The van der Waals surface area contributed by atoms with Crippen LogP contribution >= 0.6 is 23.5 Å². The lowest BCUT2D eigenvalue weighted by atomic mass is 9.94. The van der Waals surface area contributed by atoms with E-state index in [2.05, 4.69) is 97.1 Å². The Labute approximate surface area is 225 Å². The number of thioether (sulfide) groups is 2. The third kappa shape index (κ3) is 3.69. The van der Waals surface area contributed by atoms with Crippen LogP contribution in [0, 0.1) is 0 Å². The van der Waals surface area contributed by atoms with Crippen LogP contribution in [0.2, 0.25) is 0 Å². The van der Waals surface area contributed by atoms with E-state index in [1.54, 1.807) is 23.5 Å². The fraction of sp³-hybridized carbons (Fsp3) is 0.0588. The lowest BCUT2D eigenvalue weighted by Gasteiger charge is -2.37. The lowest BCUT2D eigenvalue weighted by molar-refractivity contribution is 0.163. The van der Waals surface area contributed by atoms with Gasteiger partial charge in [-0.1, -0.05) is 145 Å². The summed E-state index contributed by atoms with van der Waals surface area (Å²) in [6.07, 6.45) is -0.733. The third-order valence-electron chi connectivity index (χ3n) is 7.21. The molecular formula is C34H24OS2. The lowest BCUT2D eigenvalue weighted by Crippen LogP contribution is -2.26. The van der Waals surface area contributed by atoms with Crippen molar-refractivity contribution >= 4 is 45.1 Å². The Morgan fingerprint density at radius 3 is 1.49 bits per heavy atom. The zero-order chi connectivity index (χ0) is 24.8. The summed E-state index contributed by atoms with van der Waals surface area (Å²) < 4.78 is -0.687. The SMILES string of the molecule is O[C@@H](c1ccccc1)C1(c2ccccc2)Sc2ccc3ccccc3c2-c2c(ccc3ccccc23)S1. The summed E-state index contributed by atoms with van der Waals surface area (Å²) in [6, 6.07) is 46.8. The van der Waals surface area contributed by atoms with E-state index in [4.69, 9.17) is 0 Å². The van der Waals surface area contributed by atoms with E-state index < -0.39 is 10.2 Å². The van der Waals surface area contributed by atoms with Crippen LogP contribution in [0.3, 0.4) is 0 Å². The van der Waals surface area contributed by atoms with Crippen molar-refractivity contribution in [3.63, 3.8) is 0 Å². The first-order chi connectivity index (χ1) is 18.2. The molecule has 0 bridgehead atoms. The number of aliphatic hydroxyl groups excluding tert-OH is 1. The predicted molar refractivity (Wildman–Crippen MR) is 158 cm³/mol. The van der Waals surface area contributed by atoms with Gasteiger partial charge in [0.1, 0.15) is 10.2 Å². The molecule has 1 aliphatic heterocycles. The molecule has 0 spiro atoms. The summed E-state index contributed by atoms with van der Waals surface area (Å²) >= 11 is 3.55. The van der Waals surface area contributed by atoms with Gasteiger partial charge in [-0.25, -0.2) is 0 Å². The zero-order valence-corrected chi connectivity index (χ0v) is 21.7. The van der Waals surface area contributed by atoms with Crippen LogP contribution in [-0.2, 0) is 4.08 Å². The average Bonchev–Trinajstić information content (AvgIpc) is 3.13. The molecule has 178 valence electrons. The van der Waals surface area contributed by atoms with Gasteiger partial charge in [-0.05, 0) is 44.8 Å². The molecule has 37 heavy (non-hydrogen) atoms. The van der Waals surface area contributed by atoms with Crippen molar-refractivity contribution < 1.29 is 5.11 Å². The number of hydrogen-bond acceptors (Lipinski definition) is 3. The van der Waals surface area contributed by atoms with Crippen LogP contribution in [0.25, 0.3) is 32.7 Å². The average molecular weight is 513 g/mol. The Hall–Kier alpha value is -3.50. The molecule has 0 unspecified atom stereocenters. The minimum absolute atomic E-state index is 0.687. The molecule has 0 aliphatic carbocycles. The van der Waals surface area contributed by atoms with Crippen molar-refractivity contribution in [1.82, 2.24) is 0 Å². The second kappa shape index (κ2) is 9.11. The maximum Gasteiger partial charge on any atom is 0.125 e. The van der Waals surface area contributed by atoms with E-state index >= 15 is 0 Å². The summed E-state index contributed by atoms with van der Waals surface area (Å²) in [4.78, 5) is 2.36. The first-order valence-electron chi connectivity index (χ1n) is 12.4. The maximum atomic E-state index is 12.2. The number of fused-ring (bicyclic) bond motifs is 7. The van der Waals surface area contributed by atoms with E-state index in [1.807, 2.05) is 36.4 Å². The molecule has 6 aromatic carbocycles. The van der Waals surface area contributed by atoms with Crippen LogP contribution in [0.4, 0.5) is 0 Å². The molecule has 0 saturated carbocycles. The second-order valence-corrected chi connectivity index (χ2v) is 12.2. The number of benzene rings is 6. The van der Waals surface area contributed by atoms with Gasteiger partial charge in [0.05, 0.1) is 0 Å². The fourth-order valence-electron chi connectivity index (χ4n) is 5.45. The monoisotopic (exact) mass is 512 g/mol. The van der Waals surface area contributed by atoms with Gasteiger partial charge in [0, 0.05) is 20.9 Å². The zero-order valence-electron chi connectivity index (χ0n) is 20.0. The maximum absolute atomic E-state index is 12.2. The van der Waals surface area contributed by atoms with Crippen molar-refractivity contribution in [1.29, 1.82) is 0 Å². The Morgan fingerprint density at radius 1 is 0.486 bits per heavy atom. The highest BCUT2D eigenvalue weighted by atomic mass is 32.2. The molecule has 0 aromatic heterocycles. The first kappa shape index (κ1) is 22.7. The van der Waals surface area contributed by atoms with Crippen LogP contribution in [0.15, 0.2) is 143 Å². The van der Waals surface area contributed by atoms with Crippen molar-refractivity contribution in [3.05, 3.63) is 145 Å². The summed E-state index contributed by atoms with van der Waals surface area (Å²) in [5, 5.41) is 17.1. The van der Waals surface area contributed by atoms with Crippen molar-refractivity contribution in [2.24, 2.45) is 0 Å². The molecule has 0 saturated heterocycles. The highest BCUT2D eigenvalue weighted by molar-refractivity contribution is 8.17. The van der Waals surface area contributed by atoms with Crippen LogP contribution in [-0.4, -0.2) is 5.11 Å². The van der Waals surface area contributed by atoms with Gasteiger partial charge < -0.3 is 5.11 Å². The topological polar surface area (TPSA) is 20.2 Å². The molecule has 1 atom stereocenters. The highest BCUT2D eigenvalue weighted by Crippen LogP contribution is 2.65. The molecule has 1 nitrogen and oxygen atoms in total. The molecule has 0 fully saturated rings. The highest BCUT2D eigenvalue weighted by Gasteiger charge is 2.46. The van der Waals surface area contributed by atoms with Crippen molar-refractivity contribution in [3.8, 4) is 11.1 Å². The smallest absolute Gasteiger partial charge is 0.125 e. The Balaban J connectivity index is 1.60. The quantitative estimate of drug-likeness (QED) is 0.255. The number of aliphatic hydroxyl groups is 1. The molecule has 7 rings (SSSR count). The minimum Gasteiger partial charge on any atom is -0.386 e. The molecule has 6 aromatic rings. The van der Waals surface area contributed by atoms with Gasteiger partial charge in [0.25, 0.3) is 0 Å². The van der Waals surface area contributed by atoms with E-state index in [1.165, 1.54) is 42.5 Å². The number of rotatable bonds is 3. The van der Waals surface area contributed by atoms with Gasteiger partial charge in [-0.3, -0.25) is 0 Å². The predicted octanol–water partition coefficient (Wildman–Crippen LogP) is 9.44. The third-order valence-corrected chi connectivity index (χ3v) is 10.4. The molecule has 1 heterocycles. The van der Waals surface area contributed by atoms with E-state index in [-0.39, 0.29) is 0 Å². The van der Waals surface area contributed by atoms with Crippen molar-refractivity contribution in [2.75, 3.05) is 0 Å². The second-order valence-electron chi connectivity index (χ2n) is 9.37. The summed E-state index contributed by atoms with van der Waals surface area (Å²) in [6.45, 7) is 0. The molecule has 3 heteroatoms. The van der Waals surface area contributed by atoms with E-state index in [0.717, 1.165) is 11.1 Å². The van der Waals surface area contributed by atoms with E-state index in [0.29, 0.717) is 0 Å². The molecule has 0 radical (unpaired) electrons. The standard InChI is InChI=1S/C34H24OS2/c35-33(25-13-3-1-4-14-25)34(26-15-5-2-6-16-26)36-29-21-19-23-11-7-9-17-27(23)31(29)32-28-18-10-8-12-24(28)20-22-30(32)37-34/h1-22,33,35H/t33-/m0/s1. The number of hydrogen-bond donors (Lipinski definition) is 1. The van der Waals surface area contributed by atoms with Crippen LogP contribution in [0.1, 0.15) is 17.2 Å². The van der Waals surface area contributed by atoms with Gasteiger partial charge in [0.15, 0.2) is 0 Å².